The molecule has 0 aliphatic rings. The molecule has 5 nitrogen and oxygen atoms in total. The van der Waals surface area contributed by atoms with E-state index in [0.29, 0.717) is 6.42 Å². The minimum atomic E-state index is -1.69. The van der Waals surface area contributed by atoms with Gasteiger partial charge in [0.15, 0.2) is 11.3 Å². The van der Waals surface area contributed by atoms with Gasteiger partial charge >= 0.3 is 5.97 Å². The average Bonchev–Trinajstić information content (AvgIpc) is 2.47. The van der Waals surface area contributed by atoms with Gasteiger partial charge in [0.05, 0.1) is 0 Å². The van der Waals surface area contributed by atoms with Crippen LogP contribution in [-0.2, 0) is 14.5 Å². The first-order valence-corrected chi connectivity index (χ1v) is 7.70. The molecule has 0 bridgehead atoms. The Morgan fingerprint density at radius 2 is 1.55 bits per heavy atom. The summed E-state index contributed by atoms with van der Waals surface area (Å²) in [4.78, 5) is 27.4. The Morgan fingerprint density at radius 3 is 2.10 bits per heavy atom. The van der Waals surface area contributed by atoms with Crippen LogP contribution in [0.2, 0.25) is 0 Å². The van der Waals surface area contributed by atoms with Crippen LogP contribution in [0.5, 0.6) is 0 Å². The maximum Gasteiger partial charge on any atom is 0.369 e. The third-order valence-corrected chi connectivity index (χ3v) is 3.63. The monoisotopic (exact) mass is 287 g/mol. The van der Waals surface area contributed by atoms with E-state index in [4.69, 9.17) is 11.0 Å². The molecular weight excluding hydrogens is 258 g/mol. The number of nitrogens with two attached hydrogens (primary N) is 1. The number of unbranched alkanes of at least 4 members (excludes halogenated alkanes) is 6. The summed E-state index contributed by atoms with van der Waals surface area (Å²) in [5, 5.41) is 8.51. The smallest absolute Gasteiger partial charge is 0.310 e. The van der Waals surface area contributed by atoms with Crippen LogP contribution in [0.15, 0.2) is 0 Å². The van der Waals surface area contributed by atoms with Crippen molar-refractivity contribution < 1.29 is 19.7 Å². The van der Waals surface area contributed by atoms with E-state index in [1.165, 1.54) is 19.3 Å². The molecule has 0 aromatic heterocycles. The second-order valence-corrected chi connectivity index (χ2v) is 5.39. The molecule has 1 atom stereocenters. The molecule has 0 aromatic rings. The quantitative estimate of drug-likeness (QED) is 0.249. The molecule has 5 heteroatoms. The molecule has 1 unspecified atom stereocenters. The number of carbonyl (C=O) groups is 2. The highest BCUT2D eigenvalue weighted by Gasteiger charge is 2.42. The van der Waals surface area contributed by atoms with Crippen molar-refractivity contribution in [2.45, 2.75) is 83.6 Å². The van der Waals surface area contributed by atoms with Crippen molar-refractivity contribution in [3.8, 4) is 0 Å². The molecule has 118 valence electrons. The van der Waals surface area contributed by atoms with Gasteiger partial charge in [-0.05, 0) is 12.8 Å². The van der Waals surface area contributed by atoms with Crippen molar-refractivity contribution in [1.29, 1.82) is 0 Å². The van der Waals surface area contributed by atoms with E-state index in [1.54, 1.807) is 0 Å². The lowest BCUT2D eigenvalue weighted by molar-refractivity contribution is -0.239. The lowest BCUT2D eigenvalue weighted by Gasteiger charge is -2.23. The number of carbonyl (C=O) groups excluding carboxylic acids is 2. The Hall–Kier alpha value is -0.940. The highest BCUT2D eigenvalue weighted by molar-refractivity contribution is 6.08. The summed E-state index contributed by atoms with van der Waals surface area (Å²) in [6.07, 6.45) is 8.31. The van der Waals surface area contributed by atoms with Gasteiger partial charge in [0.1, 0.15) is 0 Å². The molecule has 0 aromatic carbocycles. The van der Waals surface area contributed by atoms with Gasteiger partial charge in [-0.2, -0.15) is 5.26 Å². The van der Waals surface area contributed by atoms with Crippen LogP contribution in [0.4, 0.5) is 0 Å². The molecule has 0 amide bonds. The van der Waals surface area contributed by atoms with Crippen LogP contribution in [0.3, 0.4) is 0 Å². The molecule has 0 saturated heterocycles. The SMILES string of the molecule is CCCCCCCCC(=O)C(N)(CCCC)C(=O)OO. The van der Waals surface area contributed by atoms with Crippen molar-refractivity contribution in [2.24, 2.45) is 5.73 Å². The van der Waals surface area contributed by atoms with Crippen LogP contribution >= 0.6 is 0 Å². The van der Waals surface area contributed by atoms with E-state index >= 15 is 0 Å². The minimum Gasteiger partial charge on any atom is -0.310 e. The van der Waals surface area contributed by atoms with Gasteiger partial charge in [0.2, 0.25) is 0 Å². The predicted octanol–water partition coefficient (Wildman–Crippen LogP) is 3.21. The molecule has 3 N–H and O–H groups in total. The van der Waals surface area contributed by atoms with E-state index in [1.807, 2.05) is 6.92 Å². The zero-order chi connectivity index (χ0) is 15.4. The van der Waals surface area contributed by atoms with Crippen molar-refractivity contribution in [3.05, 3.63) is 0 Å². The number of hydrogen-bond acceptors (Lipinski definition) is 5. The van der Waals surface area contributed by atoms with Gasteiger partial charge in [-0.15, -0.1) is 0 Å². The van der Waals surface area contributed by atoms with Gasteiger partial charge in [0, 0.05) is 6.42 Å². The minimum absolute atomic E-state index is 0.220. The molecule has 0 spiro atoms. The van der Waals surface area contributed by atoms with E-state index in [2.05, 4.69) is 11.8 Å². The van der Waals surface area contributed by atoms with Crippen molar-refractivity contribution in [1.82, 2.24) is 0 Å². The Kier molecular flexibility index (Phi) is 10.3. The average molecular weight is 287 g/mol. The molecular formula is C15H29NO4. The summed E-state index contributed by atoms with van der Waals surface area (Å²) >= 11 is 0. The van der Waals surface area contributed by atoms with E-state index in [9.17, 15) is 9.59 Å². The summed E-state index contributed by atoms with van der Waals surface area (Å²) in [6, 6.07) is 0. The fraction of sp³-hybridized carbons (Fsp3) is 0.867. The predicted molar refractivity (Wildman–Crippen MR) is 78.2 cm³/mol. The molecule has 0 rings (SSSR count). The second kappa shape index (κ2) is 10.8. The van der Waals surface area contributed by atoms with Gasteiger partial charge < -0.3 is 5.73 Å². The summed E-state index contributed by atoms with van der Waals surface area (Å²) in [6.45, 7) is 4.10. The number of Topliss-reactive ketones (excluding diaryl/α,β-unsaturated/α-hetero) is 1. The van der Waals surface area contributed by atoms with E-state index in [-0.39, 0.29) is 18.6 Å². The van der Waals surface area contributed by atoms with Crippen LogP contribution in [0, 0.1) is 0 Å². The largest absolute Gasteiger partial charge is 0.369 e. The van der Waals surface area contributed by atoms with E-state index < -0.39 is 11.5 Å². The van der Waals surface area contributed by atoms with Crippen molar-refractivity contribution in [3.63, 3.8) is 0 Å². The normalized spacial score (nSPS) is 13.8. The fourth-order valence-electron chi connectivity index (χ4n) is 2.18. The molecule has 0 aliphatic carbocycles. The Balaban J connectivity index is 4.24. The first-order valence-electron chi connectivity index (χ1n) is 7.70. The molecule has 0 fully saturated rings. The maximum absolute atomic E-state index is 12.1. The number of hydrogen-bond donors (Lipinski definition) is 2. The summed E-state index contributed by atoms with van der Waals surface area (Å²) in [5.74, 6) is -1.37. The maximum atomic E-state index is 12.1. The van der Waals surface area contributed by atoms with Gasteiger partial charge in [-0.25, -0.2) is 4.79 Å². The highest BCUT2D eigenvalue weighted by atomic mass is 17.1. The van der Waals surface area contributed by atoms with Gasteiger partial charge in [-0.3, -0.25) is 9.68 Å². The molecule has 20 heavy (non-hydrogen) atoms. The standard InChI is InChI=1S/C15H29NO4/c1-3-5-7-8-9-10-11-13(17)15(16,12-6-4-2)14(18)20-19/h19H,3-12,16H2,1-2H3. The summed E-state index contributed by atoms with van der Waals surface area (Å²) in [7, 11) is 0. The van der Waals surface area contributed by atoms with Crippen LogP contribution in [-0.4, -0.2) is 22.5 Å². The fourth-order valence-corrected chi connectivity index (χ4v) is 2.18. The van der Waals surface area contributed by atoms with Crippen molar-refractivity contribution >= 4 is 11.8 Å². The molecule has 0 saturated carbocycles. The molecule has 0 aliphatic heterocycles. The lowest BCUT2D eigenvalue weighted by Crippen LogP contribution is -2.55. The summed E-state index contributed by atoms with van der Waals surface area (Å²) in [5.41, 5.74) is 4.17. The van der Waals surface area contributed by atoms with Crippen molar-refractivity contribution in [2.75, 3.05) is 0 Å². The van der Waals surface area contributed by atoms with Gasteiger partial charge in [0.25, 0.3) is 0 Å². The first-order chi connectivity index (χ1) is 9.52. The Morgan fingerprint density at radius 1 is 1.00 bits per heavy atom. The van der Waals surface area contributed by atoms with Crippen LogP contribution in [0.1, 0.15) is 78.1 Å². The second-order valence-electron chi connectivity index (χ2n) is 5.39. The third-order valence-electron chi connectivity index (χ3n) is 3.63. The zero-order valence-corrected chi connectivity index (χ0v) is 12.8. The van der Waals surface area contributed by atoms with Gasteiger partial charge in [-0.1, -0.05) is 58.8 Å². The molecule has 0 radical (unpaired) electrons. The summed E-state index contributed by atoms with van der Waals surface area (Å²) < 4.78 is 0. The first kappa shape index (κ1) is 19.1. The lowest BCUT2D eigenvalue weighted by atomic mass is 9.86. The Bertz CT molecular complexity index is 294. The third kappa shape index (κ3) is 6.48. The Labute approximate surface area is 121 Å². The van der Waals surface area contributed by atoms with Crippen LogP contribution in [0.25, 0.3) is 0 Å². The highest BCUT2D eigenvalue weighted by Crippen LogP contribution is 2.18. The number of ketones is 1. The van der Waals surface area contributed by atoms with E-state index in [0.717, 1.165) is 25.7 Å². The zero-order valence-electron chi connectivity index (χ0n) is 12.8. The molecule has 0 heterocycles. The number of rotatable bonds is 12. The topological polar surface area (TPSA) is 89.6 Å². The van der Waals surface area contributed by atoms with Crippen LogP contribution < -0.4 is 5.73 Å².